The third-order valence-electron chi connectivity index (χ3n) is 2.26. The van der Waals surface area contributed by atoms with Crippen molar-refractivity contribution in [3.05, 3.63) is 71.9 Å². The highest BCUT2D eigenvalue weighted by Gasteiger charge is 1.95. The summed E-state index contributed by atoms with van der Waals surface area (Å²) in [5.74, 6) is 0. The van der Waals surface area contributed by atoms with Crippen molar-refractivity contribution in [1.29, 1.82) is 0 Å². The first-order valence-electron chi connectivity index (χ1n) is 5.33. The van der Waals surface area contributed by atoms with Gasteiger partial charge in [0.2, 0.25) is 0 Å². The van der Waals surface area contributed by atoms with Gasteiger partial charge in [-0.2, -0.15) is 0 Å². The third-order valence-corrected chi connectivity index (χ3v) is 2.26. The maximum absolute atomic E-state index is 2.18. The summed E-state index contributed by atoms with van der Waals surface area (Å²) >= 11 is 0. The van der Waals surface area contributed by atoms with Crippen molar-refractivity contribution in [1.82, 2.24) is 0 Å². The number of hydrogen-bond acceptors (Lipinski definition) is 0. The maximum atomic E-state index is 2.18. The van der Waals surface area contributed by atoms with Crippen LogP contribution in [-0.4, -0.2) is 0 Å². The fourth-order valence-electron chi connectivity index (χ4n) is 1.35. The number of rotatable bonds is 3. The summed E-state index contributed by atoms with van der Waals surface area (Å²) in [5, 5.41) is 0. The van der Waals surface area contributed by atoms with Crippen LogP contribution in [0, 0.1) is 0 Å². The van der Waals surface area contributed by atoms with Gasteiger partial charge in [0.25, 0.3) is 0 Å². The van der Waals surface area contributed by atoms with Crippen LogP contribution in [-0.2, 0) is 0 Å². The van der Waals surface area contributed by atoms with Crippen molar-refractivity contribution in [3.8, 4) is 0 Å². The molecule has 0 aromatic heterocycles. The van der Waals surface area contributed by atoms with E-state index in [0.29, 0.717) is 0 Å². The molecule has 0 heterocycles. The van der Waals surface area contributed by atoms with Crippen LogP contribution < -0.4 is 0 Å². The highest BCUT2D eigenvalue weighted by atomic mass is 14.0. The van der Waals surface area contributed by atoms with Crippen LogP contribution in [0.5, 0.6) is 0 Å². The molecule has 0 bridgehead atoms. The van der Waals surface area contributed by atoms with Crippen LogP contribution in [0.3, 0.4) is 0 Å². The van der Waals surface area contributed by atoms with E-state index in [2.05, 4.69) is 43.4 Å². The van der Waals surface area contributed by atoms with E-state index in [1.54, 1.807) is 0 Å². The summed E-state index contributed by atoms with van der Waals surface area (Å²) in [6.45, 7) is 4.17. The average Bonchev–Trinajstić information content (AvgIpc) is 2.30. The molecule has 1 rings (SSSR count). The van der Waals surface area contributed by atoms with Crippen molar-refractivity contribution >= 4 is 0 Å². The molecule has 0 amide bonds. The Labute approximate surface area is 92.7 Å². The van der Waals surface area contributed by atoms with Crippen LogP contribution in [0.15, 0.2) is 71.9 Å². The fourth-order valence-corrected chi connectivity index (χ4v) is 1.35. The SMILES string of the molecule is C\C=C/C=C\C=C/C(C)=C1\C=CC=CC1. The van der Waals surface area contributed by atoms with Gasteiger partial charge in [0.1, 0.15) is 0 Å². The second kappa shape index (κ2) is 6.83. The molecule has 0 aromatic carbocycles. The van der Waals surface area contributed by atoms with Gasteiger partial charge in [0, 0.05) is 0 Å². The van der Waals surface area contributed by atoms with Gasteiger partial charge in [0.15, 0.2) is 0 Å². The summed E-state index contributed by atoms with van der Waals surface area (Å²) < 4.78 is 0. The average molecular weight is 198 g/mol. The lowest BCUT2D eigenvalue weighted by Gasteiger charge is -2.04. The minimum absolute atomic E-state index is 1.05. The molecule has 0 heteroatoms. The maximum Gasteiger partial charge on any atom is -0.00917 e. The summed E-state index contributed by atoms with van der Waals surface area (Å²) in [6, 6.07) is 0. The monoisotopic (exact) mass is 198 g/mol. The first-order chi connectivity index (χ1) is 7.34. The van der Waals surface area contributed by atoms with Crippen molar-refractivity contribution in [2.75, 3.05) is 0 Å². The van der Waals surface area contributed by atoms with Gasteiger partial charge in [0.05, 0.1) is 0 Å². The van der Waals surface area contributed by atoms with Crippen LogP contribution in [0.4, 0.5) is 0 Å². The molecule has 0 N–H and O–H groups in total. The topological polar surface area (TPSA) is 0 Å². The first kappa shape index (κ1) is 11.5. The molecule has 78 valence electrons. The van der Waals surface area contributed by atoms with Gasteiger partial charge in [-0.15, -0.1) is 0 Å². The van der Waals surface area contributed by atoms with E-state index in [1.165, 1.54) is 11.1 Å². The normalized spacial score (nSPS) is 19.9. The van der Waals surface area contributed by atoms with E-state index in [9.17, 15) is 0 Å². The molecular formula is C15H18. The predicted molar refractivity (Wildman–Crippen MR) is 68.7 cm³/mol. The highest BCUT2D eigenvalue weighted by Crippen LogP contribution is 2.15. The van der Waals surface area contributed by atoms with Crippen molar-refractivity contribution < 1.29 is 0 Å². The van der Waals surface area contributed by atoms with Gasteiger partial charge in [-0.3, -0.25) is 0 Å². The molecule has 0 aromatic rings. The smallest absolute Gasteiger partial charge is 0.00917 e. The number of allylic oxidation sites excluding steroid dienone is 12. The van der Waals surface area contributed by atoms with E-state index in [4.69, 9.17) is 0 Å². The first-order valence-corrected chi connectivity index (χ1v) is 5.33. The second-order valence-corrected chi connectivity index (χ2v) is 3.47. The predicted octanol–water partition coefficient (Wildman–Crippen LogP) is 4.51. The Morgan fingerprint density at radius 3 is 2.60 bits per heavy atom. The summed E-state index contributed by atoms with van der Waals surface area (Å²) in [4.78, 5) is 0. The summed E-state index contributed by atoms with van der Waals surface area (Å²) in [6.07, 6.45) is 21.9. The minimum Gasteiger partial charge on any atom is -0.0877 e. The summed E-state index contributed by atoms with van der Waals surface area (Å²) in [5.41, 5.74) is 2.73. The Morgan fingerprint density at radius 1 is 1.13 bits per heavy atom. The second-order valence-electron chi connectivity index (χ2n) is 3.47. The van der Waals surface area contributed by atoms with Gasteiger partial charge in [-0.25, -0.2) is 0 Å². The van der Waals surface area contributed by atoms with Gasteiger partial charge >= 0.3 is 0 Å². The Kier molecular flexibility index (Phi) is 5.24. The number of hydrogen-bond donors (Lipinski definition) is 0. The summed E-state index contributed by atoms with van der Waals surface area (Å²) in [7, 11) is 0. The van der Waals surface area contributed by atoms with Gasteiger partial charge in [-0.05, 0) is 31.4 Å². The quantitative estimate of drug-likeness (QED) is 0.585. The molecule has 0 unspecified atom stereocenters. The lowest BCUT2D eigenvalue weighted by atomic mass is 10.0. The van der Waals surface area contributed by atoms with Crippen LogP contribution in [0.1, 0.15) is 20.3 Å². The van der Waals surface area contributed by atoms with E-state index in [0.717, 1.165) is 6.42 Å². The zero-order valence-electron chi connectivity index (χ0n) is 9.48. The molecule has 1 aliphatic rings. The Hall–Kier alpha value is -1.56. The largest absolute Gasteiger partial charge is 0.0877 e. The van der Waals surface area contributed by atoms with Gasteiger partial charge in [-0.1, -0.05) is 60.8 Å². The Morgan fingerprint density at radius 2 is 1.93 bits per heavy atom. The molecule has 0 saturated carbocycles. The molecule has 0 saturated heterocycles. The molecule has 0 radical (unpaired) electrons. The Bertz CT molecular complexity index is 357. The molecule has 0 spiro atoms. The fraction of sp³-hybridized carbons (Fsp3) is 0.200. The van der Waals surface area contributed by atoms with Crippen molar-refractivity contribution in [2.24, 2.45) is 0 Å². The van der Waals surface area contributed by atoms with Crippen molar-refractivity contribution in [2.45, 2.75) is 20.3 Å². The minimum atomic E-state index is 1.05. The highest BCUT2D eigenvalue weighted by molar-refractivity contribution is 5.38. The van der Waals surface area contributed by atoms with Crippen molar-refractivity contribution in [3.63, 3.8) is 0 Å². The Balaban J connectivity index is 2.57. The van der Waals surface area contributed by atoms with E-state index < -0.39 is 0 Å². The standard InChI is InChI=1S/C15H18/c1-3-4-5-6-8-11-14(2)15-12-9-7-10-13-15/h3-12H,13H2,1-2H3/b4-3-,6-5-,11-8-,15-14+. The van der Waals surface area contributed by atoms with Crippen LogP contribution >= 0.6 is 0 Å². The molecular weight excluding hydrogens is 180 g/mol. The molecule has 0 fully saturated rings. The molecule has 1 aliphatic carbocycles. The molecule has 0 aliphatic heterocycles. The lowest BCUT2D eigenvalue weighted by molar-refractivity contribution is 1.21. The molecule has 0 nitrogen and oxygen atoms in total. The van der Waals surface area contributed by atoms with E-state index in [1.807, 2.05) is 31.2 Å². The van der Waals surface area contributed by atoms with Crippen LogP contribution in [0.25, 0.3) is 0 Å². The van der Waals surface area contributed by atoms with Crippen LogP contribution in [0.2, 0.25) is 0 Å². The zero-order valence-corrected chi connectivity index (χ0v) is 9.48. The van der Waals surface area contributed by atoms with Gasteiger partial charge < -0.3 is 0 Å². The van der Waals surface area contributed by atoms with E-state index >= 15 is 0 Å². The molecule has 15 heavy (non-hydrogen) atoms. The third kappa shape index (κ3) is 4.46. The molecule has 0 atom stereocenters. The van der Waals surface area contributed by atoms with E-state index in [-0.39, 0.29) is 0 Å². The zero-order chi connectivity index (χ0) is 10.9. The lowest BCUT2D eigenvalue weighted by Crippen LogP contribution is -1.84.